The summed E-state index contributed by atoms with van der Waals surface area (Å²) < 4.78 is 0. The molecule has 1 aromatic rings. The van der Waals surface area contributed by atoms with E-state index in [0.717, 1.165) is 6.42 Å². The molecule has 1 heterocycles. The van der Waals surface area contributed by atoms with Gasteiger partial charge in [-0.3, -0.25) is 0 Å². The molecule has 0 radical (unpaired) electrons. The van der Waals surface area contributed by atoms with Crippen LogP contribution in [0.4, 0.5) is 0 Å². The van der Waals surface area contributed by atoms with Gasteiger partial charge < -0.3 is 10.1 Å². The van der Waals surface area contributed by atoms with Crippen LogP contribution in [0.3, 0.4) is 0 Å². The molecule has 2 aliphatic rings. The maximum absolute atomic E-state index is 8.00. The van der Waals surface area contributed by atoms with Crippen LogP contribution in [0.5, 0.6) is 0 Å². The van der Waals surface area contributed by atoms with E-state index in [0.29, 0.717) is 5.41 Å². The van der Waals surface area contributed by atoms with Gasteiger partial charge in [0.2, 0.25) is 0 Å². The van der Waals surface area contributed by atoms with Crippen LogP contribution in [0.15, 0.2) is 36.4 Å². The second-order valence-electron chi connectivity index (χ2n) is 5.99. The number of nitrogens with one attached hydrogen (secondary N) is 1. The minimum atomic E-state index is 0.712. The standard InChI is InChI=1S/C9H15N.C9H12.CH2O/c1-2-4-6-9(5-3-1)7-10-8-9;1-3-9-6-4-8(2)5-7-9;1-2/h1-2,10H,3-8H2;4-7H,3H2,1-2H3;1H2. The fraction of sp³-hybridized carbons (Fsp3) is 0.526. The van der Waals surface area contributed by atoms with Gasteiger partial charge in [-0.2, -0.15) is 0 Å². The summed E-state index contributed by atoms with van der Waals surface area (Å²) in [6.07, 6.45) is 11.3. The number of carbonyl (C=O) groups is 1. The van der Waals surface area contributed by atoms with Gasteiger partial charge in [-0.25, -0.2) is 0 Å². The molecule has 2 heteroatoms. The smallest absolute Gasteiger partial charge is 0.106 e. The average Bonchev–Trinajstić information content (AvgIpc) is 2.77. The maximum atomic E-state index is 8.00. The lowest BCUT2D eigenvalue weighted by atomic mass is 9.75. The lowest BCUT2D eigenvalue weighted by Gasteiger charge is -2.42. The van der Waals surface area contributed by atoms with Crippen molar-refractivity contribution in [1.29, 1.82) is 0 Å². The zero-order chi connectivity index (χ0) is 15.6. The van der Waals surface area contributed by atoms with Crippen LogP contribution in [0.1, 0.15) is 43.7 Å². The number of benzene rings is 1. The second-order valence-corrected chi connectivity index (χ2v) is 5.99. The molecule has 1 saturated heterocycles. The van der Waals surface area contributed by atoms with E-state index in [1.807, 2.05) is 6.79 Å². The molecule has 1 aliphatic heterocycles. The first kappa shape index (κ1) is 17.6. The van der Waals surface area contributed by atoms with E-state index in [9.17, 15) is 0 Å². The minimum absolute atomic E-state index is 0.712. The third-order valence-corrected chi connectivity index (χ3v) is 4.38. The number of hydrogen-bond donors (Lipinski definition) is 1. The predicted octanol–water partition coefficient (Wildman–Crippen LogP) is 4.08. The summed E-state index contributed by atoms with van der Waals surface area (Å²) >= 11 is 0. The highest BCUT2D eigenvalue weighted by Crippen LogP contribution is 2.35. The van der Waals surface area contributed by atoms with Gasteiger partial charge in [-0.15, -0.1) is 0 Å². The third kappa shape index (κ3) is 5.84. The molecule has 1 aromatic carbocycles. The Bertz CT molecular complexity index is 406. The Morgan fingerprint density at radius 2 is 1.57 bits per heavy atom. The molecule has 21 heavy (non-hydrogen) atoms. The highest BCUT2D eigenvalue weighted by molar-refractivity contribution is 5.20. The normalized spacial score (nSPS) is 18.4. The molecule has 0 amide bonds. The fourth-order valence-electron chi connectivity index (χ4n) is 2.80. The summed E-state index contributed by atoms with van der Waals surface area (Å²) in [4.78, 5) is 8.00. The highest BCUT2D eigenvalue weighted by atomic mass is 16.1. The van der Waals surface area contributed by atoms with Gasteiger partial charge in [0.05, 0.1) is 0 Å². The van der Waals surface area contributed by atoms with E-state index in [1.54, 1.807) is 0 Å². The molecule has 0 aromatic heterocycles. The van der Waals surface area contributed by atoms with Gasteiger partial charge in [-0.1, -0.05) is 48.9 Å². The molecule has 116 valence electrons. The topological polar surface area (TPSA) is 29.1 Å². The van der Waals surface area contributed by atoms with Gasteiger partial charge in [0, 0.05) is 13.1 Å². The van der Waals surface area contributed by atoms with Crippen molar-refractivity contribution in [1.82, 2.24) is 5.32 Å². The average molecular weight is 287 g/mol. The third-order valence-electron chi connectivity index (χ3n) is 4.38. The van der Waals surface area contributed by atoms with Crippen molar-refractivity contribution < 1.29 is 4.79 Å². The van der Waals surface area contributed by atoms with Gasteiger partial charge in [0.25, 0.3) is 0 Å². The predicted molar refractivity (Wildman–Crippen MR) is 90.6 cm³/mol. The molecule has 1 aliphatic carbocycles. The van der Waals surface area contributed by atoms with Gasteiger partial charge in [0.1, 0.15) is 6.79 Å². The summed E-state index contributed by atoms with van der Waals surface area (Å²) in [5, 5.41) is 3.37. The lowest BCUT2D eigenvalue weighted by molar-refractivity contribution is -0.0979. The van der Waals surface area contributed by atoms with E-state index >= 15 is 0 Å². The van der Waals surface area contributed by atoms with Crippen LogP contribution in [0, 0.1) is 12.3 Å². The molecule has 0 saturated carbocycles. The minimum Gasteiger partial charge on any atom is -0.316 e. The number of hydrogen-bond acceptors (Lipinski definition) is 2. The Kier molecular flexibility index (Phi) is 7.99. The van der Waals surface area contributed by atoms with Crippen molar-refractivity contribution in [3.05, 3.63) is 47.5 Å². The van der Waals surface area contributed by atoms with Crippen LogP contribution < -0.4 is 5.32 Å². The van der Waals surface area contributed by atoms with E-state index in [1.165, 1.54) is 49.9 Å². The number of rotatable bonds is 1. The second kappa shape index (κ2) is 9.51. The summed E-state index contributed by atoms with van der Waals surface area (Å²) in [5.74, 6) is 0. The zero-order valence-corrected chi connectivity index (χ0v) is 13.5. The monoisotopic (exact) mass is 287 g/mol. The Labute approximate surface area is 129 Å². The molecule has 1 spiro atoms. The quantitative estimate of drug-likeness (QED) is 0.789. The van der Waals surface area contributed by atoms with Crippen molar-refractivity contribution in [2.75, 3.05) is 13.1 Å². The first-order valence-electron chi connectivity index (χ1n) is 7.94. The van der Waals surface area contributed by atoms with Crippen molar-refractivity contribution in [2.24, 2.45) is 5.41 Å². The van der Waals surface area contributed by atoms with E-state index < -0.39 is 0 Å². The van der Waals surface area contributed by atoms with Crippen molar-refractivity contribution in [2.45, 2.75) is 46.0 Å². The number of allylic oxidation sites excluding steroid dienone is 2. The molecule has 2 nitrogen and oxygen atoms in total. The molecule has 0 bridgehead atoms. The highest BCUT2D eigenvalue weighted by Gasteiger charge is 2.35. The van der Waals surface area contributed by atoms with Crippen molar-refractivity contribution >= 4 is 6.79 Å². The summed E-state index contributed by atoms with van der Waals surface area (Å²) in [6.45, 7) is 8.83. The van der Waals surface area contributed by atoms with Crippen LogP contribution in [-0.2, 0) is 11.2 Å². The molecule has 3 rings (SSSR count). The summed E-state index contributed by atoms with van der Waals surface area (Å²) in [6, 6.07) is 8.66. The Morgan fingerprint density at radius 3 is 1.95 bits per heavy atom. The molecular formula is C19H29NO. The Balaban J connectivity index is 0.000000189. The van der Waals surface area contributed by atoms with Crippen LogP contribution in [0.25, 0.3) is 0 Å². The van der Waals surface area contributed by atoms with Crippen LogP contribution in [-0.4, -0.2) is 19.9 Å². The van der Waals surface area contributed by atoms with Crippen LogP contribution in [0.2, 0.25) is 0 Å². The zero-order valence-electron chi connectivity index (χ0n) is 13.5. The molecule has 1 fully saturated rings. The molecule has 1 N–H and O–H groups in total. The fourth-order valence-corrected chi connectivity index (χ4v) is 2.80. The molecule has 0 atom stereocenters. The molecular weight excluding hydrogens is 258 g/mol. The Hall–Kier alpha value is -1.41. The van der Waals surface area contributed by atoms with Crippen molar-refractivity contribution in [3.63, 3.8) is 0 Å². The maximum Gasteiger partial charge on any atom is 0.106 e. The van der Waals surface area contributed by atoms with Crippen molar-refractivity contribution in [3.8, 4) is 0 Å². The number of carbonyl (C=O) groups excluding carboxylic acids is 1. The van der Waals surface area contributed by atoms with E-state index in [-0.39, 0.29) is 0 Å². The van der Waals surface area contributed by atoms with Gasteiger partial charge >= 0.3 is 0 Å². The van der Waals surface area contributed by atoms with Gasteiger partial charge in [0.15, 0.2) is 0 Å². The number of aryl methyl sites for hydroxylation is 2. The molecule has 0 unspecified atom stereocenters. The lowest BCUT2D eigenvalue weighted by Crippen LogP contribution is -2.52. The van der Waals surface area contributed by atoms with Crippen LogP contribution >= 0.6 is 0 Å². The largest absolute Gasteiger partial charge is 0.316 e. The van der Waals surface area contributed by atoms with E-state index in [4.69, 9.17) is 4.79 Å². The Morgan fingerprint density at radius 1 is 1.05 bits per heavy atom. The SMILES string of the molecule is C1=CCCC2(CC1)CNC2.C=O.CCc1ccc(C)cc1. The first-order chi connectivity index (χ1) is 10.2. The summed E-state index contributed by atoms with van der Waals surface area (Å²) in [7, 11) is 0. The first-order valence-corrected chi connectivity index (χ1v) is 7.94. The van der Waals surface area contributed by atoms with E-state index in [2.05, 4.69) is 55.6 Å². The summed E-state index contributed by atoms with van der Waals surface area (Å²) in [5.41, 5.74) is 3.47. The van der Waals surface area contributed by atoms with Gasteiger partial charge in [-0.05, 0) is 50.0 Å².